The van der Waals surface area contributed by atoms with E-state index in [0.29, 0.717) is 25.2 Å². The summed E-state index contributed by atoms with van der Waals surface area (Å²) in [5.74, 6) is 0. The molecular weight excluding hydrogens is 405 g/mol. The molecule has 0 aliphatic carbocycles. The fourth-order valence-corrected chi connectivity index (χ4v) is 5.27. The van der Waals surface area contributed by atoms with Crippen molar-refractivity contribution >= 4 is 34.0 Å². The normalized spacial score (nSPS) is 17.7. The van der Waals surface area contributed by atoms with E-state index in [0.717, 1.165) is 12.0 Å². The third-order valence-electron chi connectivity index (χ3n) is 4.61. The third kappa shape index (κ3) is 4.45. The highest BCUT2D eigenvalue weighted by molar-refractivity contribution is 7.89. The summed E-state index contributed by atoms with van der Waals surface area (Å²) < 4.78 is 28.0. The zero-order chi connectivity index (χ0) is 18.7. The second-order valence-corrected chi connectivity index (χ2v) is 8.45. The standard InChI is InChI=1S/C19H20ClN3O2S.ClH/c1-2-14-3-6-16(7-4-14)18-13-22-9-10-23(18)26(24,25)19-8-5-15(12-21)11-17(19)20;/h3-8,11,18,22H,2,9-10,13H2,1H3;1H. The average molecular weight is 426 g/mol. The van der Waals surface area contributed by atoms with E-state index < -0.39 is 10.0 Å². The van der Waals surface area contributed by atoms with Crippen LogP contribution in [0.3, 0.4) is 0 Å². The van der Waals surface area contributed by atoms with Gasteiger partial charge in [-0.1, -0.05) is 42.8 Å². The molecule has 8 heteroatoms. The molecule has 0 radical (unpaired) electrons. The van der Waals surface area contributed by atoms with Crippen LogP contribution in [0.4, 0.5) is 0 Å². The van der Waals surface area contributed by atoms with Gasteiger partial charge in [-0.3, -0.25) is 0 Å². The maximum Gasteiger partial charge on any atom is 0.245 e. The van der Waals surface area contributed by atoms with Crippen molar-refractivity contribution in [2.75, 3.05) is 19.6 Å². The summed E-state index contributed by atoms with van der Waals surface area (Å²) >= 11 is 6.17. The number of halogens is 2. The quantitative estimate of drug-likeness (QED) is 0.812. The molecule has 1 N–H and O–H groups in total. The summed E-state index contributed by atoms with van der Waals surface area (Å²) in [5, 5.41) is 12.3. The molecule has 3 rings (SSSR count). The number of piperazine rings is 1. The number of aryl methyl sites for hydroxylation is 1. The Bertz CT molecular complexity index is 940. The van der Waals surface area contributed by atoms with Gasteiger partial charge in [0.1, 0.15) is 4.90 Å². The molecule has 2 aromatic rings. The highest BCUT2D eigenvalue weighted by atomic mass is 35.5. The molecule has 0 saturated carbocycles. The Morgan fingerprint density at radius 1 is 1.26 bits per heavy atom. The minimum absolute atomic E-state index is 0. The maximum atomic E-state index is 13.2. The lowest BCUT2D eigenvalue weighted by molar-refractivity contribution is 0.271. The molecule has 27 heavy (non-hydrogen) atoms. The van der Waals surface area contributed by atoms with E-state index in [1.807, 2.05) is 30.3 Å². The van der Waals surface area contributed by atoms with Crippen molar-refractivity contribution in [3.63, 3.8) is 0 Å². The largest absolute Gasteiger partial charge is 0.313 e. The number of nitrogens with one attached hydrogen (secondary N) is 1. The van der Waals surface area contributed by atoms with Crippen LogP contribution in [0, 0.1) is 11.3 Å². The molecule has 1 unspecified atom stereocenters. The molecule has 0 spiro atoms. The predicted molar refractivity (Wildman–Crippen MR) is 109 cm³/mol. The first-order valence-corrected chi connectivity index (χ1v) is 10.3. The summed E-state index contributed by atoms with van der Waals surface area (Å²) in [6.45, 7) is 3.56. The van der Waals surface area contributed by atoms with Crippen molar-refractivity contribution in [3.8, 4) is 6.07 Å². The van der Waals surface area contributed by atoms with E-state index in [2.05, 4.69) is 12.2 Å². The first-order chi connectivity index (χ1) is 12.5. The lowest BCUT2D eigenvalue weighted by Crippen LogP contribution is -2.48. The van der Waals surface area contributed by atoms with Crippen molar-refractivity contribution in [2.24, 2.45) is 0 Å². The van der Waals surface area contributed by atoms with Crippen LogP contribution in [0.25, 0.3) is 0 Å². The molecule has 1 saturated heterocycles. The van der Waals surface area contributed by atoms with Gasteiger partial charge in [0.05, 0.1) is 22.7 Å². The maximum absolute atomic E-state index is 13.2. The minimum Gasteiger partial charge on any atom is -0.313 e. The van der Waals surface area contributed by atoms with Crippen LogP contribution in [0.1, 0.15) is 29.7 Å². The Labute approximate surface area is 171 Å². The topological polar surface area (TPSA) is 73.2 Å². The zero-order valence-corrected chi connectivity index (χ0v) is 17.2. The van der Waals surface area contributed by atoms with Crippen molar-refractivity contribution in [1.29, 1.82) is 5.26 Å². The number of sulfonamides is 1. The van der Waals surface area contributed by atoms with E-state index in [4.69, 9.17) is 16.9 Å². The number of nitrogens with zero attached hydrogens (tertiary/aromatic N) is 2. The summed E-state index contributed by atoms with van der Waals surface area (Å²) in [4.78, 5) is 0.0373. The minimum atomic E-state index is -3.78. The molecule has 0 bridgehead atoms. The highest BCUT2D eigenvalue weighted by Gasteiger charge is 2.35. The fraction of sp³-hybridized carbons (Fsp3) is 0.316. The second kappa shape index (κ2) is 9.05. The molecule has 1 atom stereocenters. The summed E-state index contributed by atoms with van der Waals surface area (Å²) in [6, 6.07) is 14.0. The van der Waals surface area contributed by atoms with Crippen LogP contribution >= 0.6 is 24.0 Å². The van der Waals surface area contributed by atoms with Crippen LogP contribution in [0.2, 0.25) is 5.02 Å². The smallest absolute Gasteiger partial charge is 0.245 e. The number of hydrogen-bond donors (Lipinski definition) is 1. The molecule has 1 aliphatic heterocycles. The predicted octanol–water partition coefficient (Wildman–Crippen LogP) is 3.53. The van der Waals surface area contributed by atoms with E-state index in [9.17, 15) is 8.42 Å². The molecule has 2 aromatic carbocycles. The van der Waals surface area contributed by atoms with Gasteiger partial charge in [-0.05, 0) is 35.7 Å². The lowest BCUT2D eigenvalue weighted by atomic mass is 10.0. The SMILES string of the molecule is CCc1ccc(C2CNCCN2S(=O)(=O)c2ccc(C#N)cc2Cl)cc1.Cl. The van der Waals surface area contributed by atoms with E-state index in [1.54, 1.807) is 0 Å². The third-order valence-corrected chi connectivity index (χ3v) is 7.01. The Morgan fingerprint density at radius 3 is 2.56 bits per heavy atom. The fourth-order valence-electron chi connectivity index (χ4n) is 3.14. The summed E-state index contributed by atoms with van der Waals surface area (Å²) in [5.41, 5.74) is 2.49. The monoisotopic (exact) mass is 425 g/mol. The van der Waals surface area contributed by atoms with E-state index >= 15 is 0 Å². The Kier molecular flexibility index (Phi) is 7.26. The van der Waals surface area contributed by atoms with Gasteiger partial charge in [0, 0.05) is 19.6 Å². The number of rotatable bonds is 4. The lowest BCUT2D eigenvalue weighted by Gasteiger charge is -2.35. The molecule has 1 fully saturated rings. The first-order valence-electron chi connectivity index (χ1n) is 8.48. The van der Waals surface area contributed by atoms with Gasteiger partial charge in [0.2, 0.25) is 10.0 Å². The molecular formula is C19H21Cl2N3O2S. The highest BCUT2D eigenvalue weighted by Crippen LogP contribution is 2.32. The van der Waals surface area contributed by atoms with Gasteiger partial charge in [0.25, 0.3) is 0 Å². The van der Waals surface area contributed by atoms with Crippen molar-refractivity contribution < 1.29 is 8.42 Å². The van der Waals surface area contributed by atoms with E-state index in [1.165, 1.54) is 28.1 Å². The van der Waals surface area contributed by atoms with Crippen LogP contribution in [-0.4, -0.2) is 32.4 Å². The van der Waals surface area contributed by atoms with E-state index in [-0.39, 0.29) is 28.4 Å². The molecule has 0 aromatic heterocycles. The Morgan fingerprint density at radius 2 is 1.96 bits per heavy atom. The number of benzene rings is 2. The average Bonchev–Trinajstić information content (AvgIpc) is 2.67. The molecule has 5 nitrogen and oxygen atoms in total. The van der Waals surface area contributed by atoms with Crippen LogP contribution in [-0.2, 0) is 16.4 Å². The Balaban J connectivity index is 0.00000261. The molecule has 1 heterocycles. The van der Waals surface area contributed by atoms with Gasteiger partial charge < -0.3 is 5.32 Å². The van der Waals surface area contributed by atoms with Crippen molar-refractivity contribution in [1.82, 2.24) is 9.62 Å². The molecule has 144 valence electrons. The van der Waals surface area contributed by atoms with Gasteiger partial charge in [-0.25, -0.2) is 8.42 Å². The van der Waals surface area contributed by atoms with Crippen LogP contribution in [0.5, 0.6) is 0 Å². The van der Waals surface area contributed by atoms with Crippen LogP contribution < -0.4 is 5.32 Å². The molecule has 0 amide bonds. The second-order valence-electron chi connectivity index (χ2n) is 6.19. The van der Waals surface area contributed by atoms with Gasteiger partial charge in [-0.2, -0.15) is 9.57 Å². The number of nitriles is 1. The molecule has 1 aliphatic rings. The van der Waals surface area contributed by atoms with Crippen LogP contribution in [0.15, 0.2) is 47.4 Å². The van der Waals surface area contributed by atoms with Gasteiger partial charge >= 0.3 is 0 Å². The number of hydrogen-bond acceptors (Lipinski definition) is 4. The Hall–Kier alpha value is -1.62. The van der Waals surface area contributed by atoms with Gasteiger partial charge in [0.15, 0.2) is 0 Å². The first kappa shape index (κ1) is 21.7. The van der Waals surface area contributed by atoms with Crippen molar-refractivity contribution in [3.05, 3.63) is 64.2 Å². The zero-order valence-electron chi connectivity index (χ0n) is 14.9. The summed E-state index contributed by atoms with van der Waals surface area (Å²) in [6.07, 6.45) is 0.937. The van der Waals surface area contributed by atoms with Gasteiger partial charge in [-0.15, -0.1) is 12.4 Å². The summed E-state index contributed by atoms with van der Waals surface area (Å²) in [7, 11) is -3.78. The van der Waals surface area contributed by atoms with Crippen molar-refractivity contribution in [2.45, 2.75) is 24.3 Å².